The van der Waals surface area contributed by atoms with Crippen LogP contribution >= 0.6 is 0 Å². The van der Waals surface area contributed by atoms with E-state index in [-0.39, 0.29) is 0 Å². The van der Waals surface area contributed by atoms with Crippen LogP contribution < -0.4 is 0 Å². The number of hydrogen-bond donors (Lipinski definition) is 0. The van der Waals surface area contributed by atoms with E-state index in [0.717, 1.165) is 55.5 Å². The fraction of sp³-hybridized carbons (Fsp3) is 0.0164. The summed E-state index contributed by atoms with van der Waals surface area (Å²) in [5, 5.41) is 1.08. The summed E-state index contributed by atoms with van der Waals surface area (Å²) in [6, 6.07) is 82.2. The van der Waals surface area contributed by atoms with E-state index < -0.39 is 5.41 Å². The molecular formula is C61H38N4. The van der Waals surface area contributed by atoms with Crippen LogP contribution in [0.2, 0.25) is 0 Å². The Bertz CT molecular complexity index is 3550. The van der Waals surface area contributed by atoms with Crippen molar-refractivity contribution in [1.82, 2.24) is 19.9 Å². The second-order valence-electron chi connectivity index (χ2n) is 16.9. The summed E-state index contributed by atoms with van der Waals surface area (Å²) in [5.74, 6) is 1.88. The average molecular weight is 827 g/mol. The van der Waals surface area contributed by atoms with E-state index in [1.165, 1.54) is 50.1 Å². The van der Waals surface area contributed by atoms with Crippen molar-refractivity contribution >= 4 is 10.9 Å². The topological polar surface area (TPSA) is 51.6 Å². The molecule has 0 amide bonds. The molecule has 0 unspecified atom stereocenters. The van der Waals surface area contributed by atoms with Gasteiger partial charge in [0.15, 0.2) is 17.5 Å². The Kier molecular flexibility index (Phi) is 8.40. The van der Waals surface area contributed by atoms with Gasteiger partial charge in [-0.2, -0.15) is 0 Å². The standard InChI is InChI=1S/C61H38N4/c1-4-18-39(19-5-1)42-24-16-26-44(34-42)56-37-49(43-25-17-27-45(35-43)60-64-58(40-20-6-2-7-21-40)63-59(65-60)41-22-8-3-9-23-41)51-36-50-48-30-12-15-33-54(48)61(55(50)38-57(51)62-56)52-31-13-10-28-46(52)47-29-11-14-32-53(47)61/h1-38H. The Morgan fingerprint density at radius 1 is 0.246 bits per heavy atom. The normalized spacial score (nSPS) is 12.7. The minimum absolute atomic E-state index is 0.482. The van der Waals surface area contributed by atoms with Crippen molar-refractivity contribution in [2.45, 2.75) is 5.41 Å². The van der Waals surface area contributed by atoms with Gasteiger partial charge in [0.2, 0.25) is 0 Å². The van der Waals surface area contributed by atoms with Crippen molar-refractivity contribution in [2.75, 3.05) is 0 Å². The zero-order chi connectivity index (χ0) is 42.9. The molecule has 1 spiro atoms. The zero-order valence-corrected chi connectivity index (χ0v) is 35.2. The molecule has 0 N–H and O–H groups in total. The number of aromatic nitrogens is 4. The zero-order valence-electron chi connectivity index (χ0n) is 35.2. The summed E-state index contributed by atoms with van der Waals surface area (Å²) >= 11 is 0. The van der Waals surface area contributed by atoms with Crippen molar-refractivity contribution in [2.24, 2.45) is 0 Å². The number of rotatable bonds is 6. The van der Waals surface area contributed by atoms with Crippen molar-refractivity contribution in [1.29, 1.82) is 0 Å². The largest absolute Gasteiger partial charge is 0.248 e. The van der Waals surface area contributed by atoms with Crippen LogP contribution in [-0.4, -0.2) is 19.9 Å². The third-order valence-corrected chi connectivity index (χ3v) is 13.3. The highest BCUT2D eigenvalue weighted by atomic mass is 15.0. The van der Waals surface area contributed by atoms with Gasteiger partial charge in [-0.3, -0.25) is 0 Å². The molecule has 2 heterocycles. The predicted octanol–water partition coefficient (Wildman–Crippen LogP) is 14.8. The summed E-state index contributed by atoms with van der Waals surface area (Å²) in [4.78, 5) is 20.8. The molecule has 0 atom stereocenters. The maximum Gasteiger partial charge on any atom is 0.164 e. The van der Waals surface area contributed by atoms with Crippen molar-refractivity contribution < 1.29 is 0 Å². The monoisotopic (exact) mass is 826 g/mol. The van der Waals surface area contributed by atoms with Gasteiger partial charge in [-0.1, -0.05) is 200 Å². The van der Waals surface area contributed by atoms with Crippen LogP contribution in [0.25, 0.3) is 101 Å². The molecule has 302 valence electrons. The van der Waals surface area contributed by atoms with E-state index in [9.17, 15) is 0 Å². The van der Waals surface area contributed by atoms with E-state index in [0.29, 0.717) is 17.5 Å². The van der Waals surface area contributed by atoms with Gasteiger partial charge in [0.25, 0.3) is 0 Å². The van der Waals surface area contributed by atoms with Crippen molar-refractivity contribution in [3.05, 3.63) is 253 Å². The van der Waals surface area contributed by atoms with Crippen molar-refractivity contribution in [3.63, 3.8) is 0 Å². The first-order valence-corrected chi connectivity index (χ1v) is 22.1. The Balaban J connectivity index is 1.06. The van der Waals surface area contributed by atoms with Gasteiger partial charge in [-0.05, 0) is 97.1 Å². The lowest BCUT2D eigenvalue weighted by Gasteiger charge is -2.30. The number of nitrogens with zero attached hydrogens (tertiary/aromatic N) is 4. The number of fused-ring (bicyclic) bond motifs is 11. The van der Waals surface area contributed by atoms with Gasteiger partial charge in [0.1, 0.15) is 0 Å². The van der Waals surface area contributed by atoms with Gasteiger partial charge >= 0.3 is 0 Å². The second-order valence-corrected chi connectivity index (χ2v) is 16.9. The maximum atomic E-state index is 5.61. The van der Waals surface area contributed by atoms with Gasteiger partial charge in [-0.25, -0.2) is 19.9 Å². The van der Waals surface area contributed by atoms with Gasteiger partial charge in [0.05, 0.1) is 16.6 Å². The SMILES string of the molecule is c1ccc(-c2cccc(-c3cc(-c4cccc(-c5nc(-c6ccccc6)nc(-c6ccccc6)n5)c4)c4cc5c(cc4n3)C3(c4ccccc4-c4ccccc43)c3ccccc3-5)c2)cc1. The predicted molar refractivity (Wildman–Crippen MR) is 264 cm³/mol. The second kappa shape index (κ2) is 14.8. The van der Waals surface area contributed by atoms with E-state index in [1.807, 2.05) is 60.7 Å². The van der Waals surface area contributed by atoms with Crippen LogP contribution in [0.3, 0.4) is 0 Å². The van der Waals surface area contributed by atoms with Crippen LogP contribution in [-0.2, 0) is 5.41 Å². The van der Waals surface area contributed by atoms with Gasteiger partial charge < -0.3 is 0 Å². The first-order valence-electron chi connectivity index (χ1n) is 22.1. The summed E-state index contributed by atoms with van der Waals surface area (Å²) in [6.07, 6.45) is 0. The number of hydrogen-bond acceptors (Lipinski definition) is 4. The van der Waals surface area contributed by atoms with E-state index in [4.69, 9.17) is 19.9 Å². The quantitative estimate of drug-likeness (QED) is 0.168. The fourth-order valence-electron chi connectivity index (χ4n) is 10.5. The Morgan fingerprint density at radius 3 is 1.26 bits per heavy atom. The molecule has 2 aliphatic carbocycles. The van der Waals surface area contributed by atoms with E-state index >= 15 is 0 Å². The molecule has 4 heteroatoms. The highest BCUT2D eigenvalue weighted by Gasteiger charge is 2.51. The van der Waals surface area contributed by atoms with Crippen LogP contribution in [0.5, 0.6) is 0 Å². The molecular weight excluding hydrogens is 789 g/mol. The maximum absolute atomic E-state index is 5.61. The lowest BCUT2D eigenvalue weighted by Crippen LogP contribution is -2.25. The molecule has 0 aliphatic heterocycles. The minimum Gasteiger partial charge on any atom is -0.248 e. The molecule has 0 saturated heterocycles. The van der Waals surface area contributed by atoms with Crippen molar-refractivity contribution in [3.8, 4) is 89.9 Å². The molecule has 0 saturated carbocycles. The third kappa shape index (κ3) is 5.85. The molecule has 9 aromatic carbocycles. The Hall–Kier alpha value is -8.60. The lowest BCUT2D eigenvalue weighted by molar-refractivity contribution is 0.794. The molecule has 13 rings (SSSR count). The summed E-state index contributed by atoms with van der Waals surface area (Å²) in [6.45, 7) is 0. The van der Waals surface area contributed by atoms with Crippen LogP contribution in [0.1, 0.15) is 22.3 Å². The van der Waals surface area contributed by atoms with Crippen LogP contribution in [0, 0.1) is 0 Å². The van der Waals surface area contributed by atoms with E-state index in [2.05, 4.69) is 170 Å². The number of benzene rings is 9. The fourth-order valence-corrected chi connectivity index (χ4v) is 10.5. The molecule has 11 aromatic rings. The summed E-state index contributed by atoms with van der Waals surface area (Å²) in [5.41, 5.74) is 19.9. The molecule has 0 fully saturated rings. The molecule has 2 aromatic heterocycles. The highest BCUT2D eigenvalue weighted by Crippen LogP contribution is 2.63. The van der Waals surface area contributed by atoms with Gasteiger partial charge in [0, 0.05) is 27.6 Å². The molecule has 2 aliphatic rings. The first kappa shape index (κ1) is 37.0. The van der Waals surface area contributed by atoms with Gasteiger partial charge in [-0.15, -0.1) is 0 Å². The smallest absolute Gasteiger partial charge is 0.164 e. The van der Waals surface area contributed by atoms with Crippen LogP contribution in [0.15, 0.2) is 231 Å². The minimum atomic E-state index is -0.482. The van der Waals surface area contributed by atoms with E-state index in [1.54, 1.807) is 0 Å². The highest BCUT2D eigenvalue weighted by molar-refractivity contribution is 6.04. The third-order valence-electron chi connectivity index (χ3n) is 13.3. The average Bonchev–Trinajstić information content (AvgIpc) is 3.85. The lowest BCUT2D eigenvalue weighted by atomic mass is 9.70. The molecule has 4 nitrogen and oxygen atoms in total. The number of pyridine rings is 1. The molecule has 65 heavy (non-hydrogen) atoms. The molecule has 0 radical (unpaired) electrons. The first-order chi connectivity index (χ1) is 32.2. The summed E-state index contributed by atoms with van der Waals surface area (Å²) in [7, 11) is 0. The Morgan fingerprint density at radius 2 is 0.677 bits per heavy atom. The summed E-state index contributed by atoms with van der Waals surface area (Å²) < 4.78 is 0. The molecule has 0 bridgehead atoms. The Labute approximate surface area is 377 Å². The van der Waals surface area contributed by atoms with Crippen LogP contribution in [0.4, 0.5) is 0 Å².